The van der Waals surface area contributed by atoms with E-state index in [1.165, 1.54) is 24.4 Å². The van der Waals surface area contributed by atoms with Crippen LogP contribution in [0.2, 0.25) is 0 Å². The summed E-state index contributed by atoms with van der Waals surface area (Å²) in [6, 6.07) is 4.23. The molecule has 0 saturated carbocycles. The number of aromatic nitrogens is 1. The Bertz CT molecular complexity index is 672. The number of nitrogens with zero attached hydrogens (tertiary/aromatic N) is 1. The van der Waals surface area contributed by atoms with Crippen molar-refractivity contribution in [2.24, 2.45) is 0 Å². The smallest absolute Gasteiger partial charge is 0.294 e. The molecule has 84 valence electrons. The number of fused-ring (bicyclic) bond motifs is 1. The largest absolute Gasteiger partial charge is 0.355 e. The van der Waals surface area contributed by atoms with Gasteiger partial charge in [-0.3, -0.25) is 10.1 Å². The first-order chi connectivity index (χ1) is 7.39. The van der Waals surface area contributed by atoms with Gasteiger partial charge in [-0.05, 0) is 18.2 Å². The van der Waals surface area contributed by atoms with Crippen LogP contribution in [0.1, 0.15) is 0 Å². The second-order valence-corrected chi connectivity index (χ2v) is 5.43. The van der Waals surface area contributed by atoms with E-state index in [4.69, 9.17) is 0 Å². The van der Waals surface area contributed by atoms with Crippen molar-refractivity contribution < 1.29 is 13.3 Å². The molecule has 1 aromatic carbocycles. The number of sulfone groups is 1. The average Bonchev–Trinajstić information content (AvgIpc) is 2.58. The molecule has 1 heterocycles. The maximum Gasteiger partial charge on any atom is 0.294 e. The van der Waals surface area contributed by atoms with E-state index in [1.54, 1.807) is 0 Å². The van der Waals surface area contributed by atoms with Crippen LogP contribution in [-0.4, -0.2) is 24.6 Å². The lowest BCUT2D eigenvalue weighted by molar-refractivity contribution is -0.383. The van der Waals surface area contributed by atoms with E-state index in [0.717, 1.165) is 6.26 Å². The summed E-state index contributed by atoms with van der Waals surface area (Å²) in [6.45, 7) is 0. The second-order valence-electron chi connectivity index (χ2n) is 3.41. The predicted molar refractivity (Wildman–Crippen MR) is 58.1 cm³/mol. The lowest BCUT2D eigenvalue weighted by Gasteiger charge is -1.97. The molecule has 16 heavy (non-hydrogen) atoms. The molecule has 7 heteroatoms. The van der Waals surface area contributed by atoms with Gasteiger partial charge in [-0.1, -0.05) is 0 Å². The molecule has 1 N–H and O–H groups in total. The Kier molecular flexibility index (Phi) is 2.20. The fourth-order valence-electron chi connectivity index (χ4n) is 1.47. The van der Waals surface area contributed by atoms with E-state index in [-0.39, 0.29) is 10.6 Å². The number of aromatic amines is 1. The minimum absolute atomic E-state index is 0.0719. The third-order valence-corrected chi connectivity index (χ3v) is 3.37. The summed E-state index contributed by atoms with van der Waals surface area (Å²) in [5.74, 6) is 0. The number of nitrogens with one attached hydrogen (secondary N) is 1. The van der Waals surface area contributed by atoms with Crippen LogP contribution in [0, 0.1) is 10.1 Å². The van der Waals surface area contributed by atoms with Crippen molar-refractivity contribution in [3.63, 3.8) is 0 Å². The van der Waals surface area contributed by atoms with Gasteiger partial charge in [0.25, 0.3) is 5.69 Å². The maximum absolute atomic E-state index is 11.3. The van der Waals surface area contributed by atoms with Crippen molar-refractivity contribution in [1.82, 2.24) is 4.98 Å². The molecule has 0 atom stereocenters. The summed E-state index contributed by atoms with van der Waals surface area (Å²) < 4.78 is 22.6. The molecule has 0 aliphatic heterocycles. The highest BCUT2D eigenvalue weighted by Crippen LogP contribution is 2.27. The monoisotopic (exact) mass is 240 g/mol. The number of hydrogen-bond donors (Lipinski definition) is 1. The lowest BCUT2D eigenvalue weighted by Crippen LogP contribution is -1.96. The van der Waals surface area contributed by atoms with Gasteiger partial charge in [0.15, 0.2) is 9.84 Å². The van der Waals surface area contributed by atoms with Crippen LogP contribution in [0.25, 0.3) is 10.9 Å². The predicted octanol–water partition coefficient (Wildman–Crippen LogP) is 1.48. The molecule has 0 aliphatic carbocycles. The van der Waals surface area contributed by atoms with Crippen LogP contribution in [0.15, 0.2) is 29.3 Å². The lowest BCUT2D eigenvalue weighted by atomic mass is 10.2. The van der Waals surface area contributed by atoms with Gasteiger partial charge in [0.05, 0.1) is 26.9 Å². The third kappa shape index (κ3) is 1.65. The van der Waals surface area contributed by atoms with Gasteiger partial charge in [-0.25, -0.2) is 8.42 Å². The zero-order valence-electron chi connectivity index (χ0n) is 8.30. The SMILES string of the molecule is CS(=O)(=O)c1ccc2[nH]cc([N+](=O)[O-])c2c1. The normalized spacial score (nSPS) is 11.8. The molecule has 0 aliphatic rings. The Morgan fingerprint density at radius 2 is 2.06 bits per heavy atom. The highest BCUT2D eigenvalue weighted by atomic mass is 32.2. The van der Waals surface area contributed by atoms with E-state index in [1.807, 2.05) is 0 Å². The van der Waals surface area contributed by atoms with E-state index in [2.05, 4.69) is 4.98 Å². The molecule has 0 fully saturated rings. The first-order valence-corrected chi connectivity index (χ1v) is 6.24. The summed E-state index contributed by atoms with van der Waals surface area (Å²) in [7, 11) is -3.35. The zero-order chi connectivity index (χ0) is 11.9. The molecule has 2 aromatic rings. The van der Waals surface area contributed by atoms with Gasteiger partial charge in [0.1, 0.15) is 0 Å². The molecule has 0 saturated heterocycles. The van der Waals surface area contributed by atoms with Crippen LogP contribution >= 0.6 is 0 Å². The third-order valence-electron chi connectivity index (χ3n) is 2.26. The van der Waals surface area contributed by atoms with Gasteiger partial charge < -0.3 is 4.98 Å². The summed E-state index contributed by atoms with van der Waals surface area (Å²) in [5, 5.41) is 11.0. The Labute approximate surface area is 91.0 Å². The van der Waals surface area contributed by atoms with Crippen molar-refractivity contribution in [2.75, 3.05) is 6.26 Å². The summed E-state index contributed by atoms with van der Waals surface area (Å²) in [5.41, 5.74) is 0.416. The van der Waals surface area contributed by atoms with Gasteiger partial charge >= 0.3 is 0 Å². The number of rotatable bonds is 2. The molecule has 1 aromatic heterocycles. The summed E-state index contributed by atoms with van der Waals surface area (Å²) in [4.78, 5) is 12.9. The first kappa shape index (κ1) is 10.6. The van der Waals surface area contributed by atoms with Crippen molar-refractivity contribution >= 4 is 26.4 Å². The first-order valence-electron chi connectivity index (χ1n) is 4.35. The highest BCUT2D eigenvalue weighted by Gasteiger charge is 2.16. The van der Waals surface area contributed by atoms with E-state index in [0.29, 0.717) is 10.9 Å². The molecular weight excluding hydrogens is 232 g/mol. The molecule has 6 nitrogen and oxygen atoms in total. The number of hydrogen-bond acceptors (Lipinski definition) is 4. The minimum Gasteiger partial charge on any atom is -0.355 e. The van der Waals surface area contributed by atoms with E-state index in [9.17, 15) is 18.5 Å². The topological polar surface area (TPSA) is 93.1 Å². The van der Waals surface area contributed by atoms with Crippen LogP contribution in [0.3, 0.4) is 0 Å². The molecule has 0 spiro atoms. The molecule has 2 rings (SSSR count). The quantitative estimate of drug-likeness (QED) is 0.635. The van der Waals surface area contributed by atoms with Gasteiger partial charge in [-0.15, -0.1) is 0 Å². The van der Waals surface area contributed by atoms with Crippen molar-refractivity contribution in [2.45, 2.75) is 4.90 Å². The molecule has 0 amide bonds. The Morgan fingerprint density at radius 3 is 2.62 bits per heavy atom. The summed E-state index contributed by atoms with van der Waals surface area (Å²) >= 11 is 0. The van der Waals surface area contributed by atoms with Crippen LogP contribution in [0.4, 0.5) is 5.69 Å². The number of H-pyrrole nitrogens is 1. The molecule has 0 bridgehead atoms. The number of nitro groups is 1. The standard InChI is InChI=1S/C9H8N2O4S/c1-16(14,15)6-2-3-8-7(4-6)9(5-10-8)11(12)13/h2-5,10H,1H3. The fraction of sp³-hybridized carbons (Fsp3) is 0.111. The van der Waals surface area contributed by atoms with Gasteiger partial charge in [0.2, 0.25) is 0 Å². The second kappa shape index (κ2) is 3.31. The van der Waals surface area contributed by atoms with E-state index < -0.39 is 14.8 Å². The Balaban J connectivity index is 2.78. The molecule has 0 unspecified atom stereocenters. The minimum atomic E-state index is -3.35. The van der Waals surface area contributed by atoms with Crippen molar-refractivity contribution in [3.8, 4) is 0 Å². The van der Waals surface area contributed by atoms with E-state index >= 15 is 0 Å². The number of benzene rings is 1. The average molecular weight is 240 g/mol. The van der Waals surface area contributed by atoms with Gasteiger partial charge in [0, 0.05) is 6.26 Å². The summed E-state index contributed by atoms with van der Waals surface area (Å²) in [6.07, 6.45) is 2.31. The maximum atomic E-state index is 11.3. The van der Waals surface area contributed by atoms with Crippen molar-refractivity contribution in [1.29, 1.82) is 0 Å². The van der Waals surface area contributed by atoms with Crippen LogP contribution in [-0.2, 0) is 9.84 Å². The van der Waals surface area contributed by atoms with Gasteiger partial charge in [-0.2, -0.15) is 0 Å². The Morgan fingerprint density at radius 1 is 1.38 bits per heavy atom. The van der Waals surface area contributed by atoms with Crippen molar-refractivity contribution in [3.05, 3.63) is 34.5 Å². The molecule has 0 radical (unpaired) electrons. The fourth-order valence-corrected chi connectivity index (χ4v) is 2.11. The highest BCUT2D eigenvalue weighted by molar-refractivity contribution is 7.90. The molecular formula is C9H8N2O4S. The zero-order valence-corrected chi connectivity index (χ0v) is 9.11. The Hall–Kier alpha value is -1.89. The van der Waals surface area contributed by atoms with Crippen LogP contribution in [0.5, 0.6) is 0 Å². The van der Waals surface area contributed by atoms with Crippen LogP contribution < -0.4 is 0 Å².